The van der Waals surface area contributed by atoms with Crippen molar-refractivity contribution in [2.75, 3.05) is 4.90 Å². The van der Waals surface area contributed by atoms with Crippen LogP contribution in [-0.4, -0.2) is 21.2 Å². The minimum atomic E-state index is 0.0229. The van der Waals surface area contributed by atoms with Crippen molar-refractivity contribution in [2.45, 2.75) is 0 Å². The van der Waals surface area contributed by atoms with Gasteiger partial charge in [-0.05, 0) is 48.5 Å². The quantitative estimate of drug-likeness (QED) is 0.280. The summed E-state index contributed by atoms with van der Waals surface area (Å²) in [7, 11) is 0. The van der Waals surface area contributed by atoms with Gasteiger partial charge in [0.15, 0.2) is 0 Å². The third-order valence-corrected chi connectivity index (χ3v) is 8.52. The van der Waals surface area contributed by atoms with E-state index in [0.29, 0.717) is 0 Å². The van der Waals surface area contributed by atoms with Crippen molar-refractivity contribution in [3.05, 3.63) is 128 Å². The second-order valence-corrected chi connectivity index (χ2v) is 10.5. The molecule has 0 spiro atoms. The molecule has 8 rings (SSSR count). The van der Waals surface area contributed by atoms with E-state index < -0.39 is 0 Å². The average molecular weight is 504 g/mol. The number of para-hydroxylation sites is 2. The van der Waals surface area contributed by atoms with E-state index in [9.17, 15) is 0 Å². The predicted octanol–water partition coefficient (Wildman–Crippen LogP) is 5.93. The summed E-state index contributed by atoms with van der Waals surface area (Å²) in [5.74, 6) is 0. The minimum absolute atomic E-state index is 0.0229. The number of anilines is 3. The van der Waals surface area contributed by atoms with Gasteiger partial charge in [-0.25, -0.2) is 9.97 Å². The SMILES string of the molecule is c1ccc(B2c3sc4ncccc4c3N(c3ccccc3)c3c2n(-c2ccccc2)c2ncccc32)cc1. The molecule has 7 aromatic rings. The largest absolute Gasteiger partial charge is 0.308 e. The van der Waals surface area contributed by atoms with Gasteiger partial charge in [0.1, 0.15) is 10.5 Å². The molecule has 0 fully saturated rings. The summed E-state index contributed by atoms with van der Waals surface area (Å²) in [5.41, 5.74) is 8.06. The first-order valence-corrected chi connectivity index (χ1v) is 13.5. The highest BCUT2D eigenvalue weighted by Gasteiger charge is 2.43. The maximum atomic E-state index is 4.96. The molecule has 178 valence electrons. The Morgan fingerprint density at radius 2 is 1.21 bits per heavy atom. The van der Waals surface area contributed by atoms with Crippen LogP contribution in [0.4, 0.5) is 17.1 Å². The number of thiophene rings is 1. The lowest BCUT2D eigenvalue weighted by Gasteiger charge is -2.34. The molecule has 3 aromatic carbocycles. The van der Waals surface area contributed by atoms with Gasteiger partial charge in [-0.15, -0.1) is 11.3 Å². The van der Waals surface area contributed by atoms with Crippen molar-refractivity contribution < 1.29 is 0 Å². The Morgan fingerprint density at radius 3 is 1.95 bits per heavy atom. The Morgan fingerprint density at radius 1 is 0.579 bits per heavy atom. The number of hydrogen-bond donors (Lipinski definition) is 0. The molecule has 5 heterocycles. The summed E-state index contributed by atoms with van der Waals surface area (Å²) in [6, 6.07) is 40.6. The van der Waals surface area contributed by atoms with Crippen molar-refractivity contribution in [2.24, 2.45) is 0 Å². The highest BCUT2D eigenvalue weighted by molar-refractivity contribution is 7.33. The molecule has 0 N–H and O–H groups in total. The Kier molecular flexibility index (Phi) is 4.75. The molecular formula is C32H21BN4S. The summed E-state index contributed by atoms with van der Waals surface area (Å²) in [6.45, 7) is 0.0229. The van der Waals surface area contributed by atoms with Crippen LogP contribution >= 0.6 is 11.3 Å². The van der Waals surface area contributed by atoms with Crippen LogP contribution in [-0.2, 0) is 0 Å². The monoisotopic (exact) mass is 504 g/mol. The van der Waals surface area contributed by atoms with E-state index in [-0.39, 0.29) is 6.71 Å². The maximum Gasteiger partial charge on any atom is 0.281 e. The smallest absolute Gasteiger partial charge is 0.281 e. The molecule has 1 aliphatic heterocycles. The normalized spacial score (nSPS) is 12.6. The predicted molar refractivity (Wildman–Crippen MR) is 160 cm³/mol. The van der Waals surface area contributed by atoms with Crippen molar-refractivity contribution in [3.8, 4) is 5.69 Å². The zero-order valence-electron chi connectivity index (χ0n) is 20.4. The fourth-order valence-electron chi connectivity index (χ4n) is 5.85. The summed E-state index contributed by atoms with van der Waals surface area (Å²) in [6.07, 6.45) is 3.79. The highest BCUT2D eigenvalue weighted by Crippen LogP contribution is 2.45. The number of aromatic nitrogens is 3. The fraction of sp³-hybridized carbons (Fsp3) is 0. The lowest BCUT2D eigenvalue weighted by Crippen LogP contribution is -2.58. The number of nitrogens with zero attached hydrogens (tertiary/aromatic N) is 4. The van der Waals surface area contributed by atoms with Crippen LogP contribution in [0.15, 0.2) is 128 Å². The van der Waals surface area contributed by atoms with E-state index >= 15 is 0 Å². The molecule has 6 heteroatoms. The molecule has 4 nitrogen and oxygen atoms in total. The third kappa shape index (κ3) is 3.04. The standard InChI is InChI=1S/C32H21BN4S/c1-4-12-22(13-5-1)33-29-27(25-18-10-20-34-31(25)37(29)24-16-8-3-9-17-24)36(23-14-6-2-7-15-23)28-26-19-11-21-35-32(26)38-30(28)33/h1-21H. The molecule has 0 bridgehead atoms. The number of pyridine rings is 2. The second-order valence-electron chi connectivity index (χ2n) is 9.47. The molecule has 0 radical (unpaired) electrons. The molecule has 0 atom stereocenters. The van der Waals surface area contributed by atoms with Gasteiger partial charge in [-0.2, -0.15) is 0 Å². The third-order valence-electron chi connectivity index (χ3n) is 7.35. The van der Waals surface area contributed by atoms with Crippen molar-refractivity contribution in [3.63, 3.8) is 0 Å². The van der Waals surface area contributed by atoms with E-state index in [1.165, 1.54) is 32.6 Å². The van der Waals surface area contributed by atoms with Crippen LogP contribution in [0, 0.1) is 0 Å². The van der Waals surface area contributed by atoms with Crippen molar-refractivity contribution in [1.82, 2.24) is 14.5 Å². The van der Waals surface area contributed by atoms with Crippen LogP contribution < -0.4 is 20.7 Å². The minimum Gasteiger partial charge on any atom is -0.308 e. The Balaban J connectivity index is 1.59. The topological polar surface area (TPSA) is 34.0 Å². The molecule has 0 saturated carbocycles. The van der Waals surface area contributed by atoms with Gasteiger partial charge in [0.25, 0.3) is 6.71 Å². The Bertz CT molecular complexity index is 1930. The first kappa shape index (κ1) is 21.4. The summed E-state index contributed by atoms with van der Waals surface area (Å²) in [5, 5.41) is 2.30. The van der Waals surface area contributed by atoms with Crippen LogP contribution in [0.3, 0.4) is 0 Å². The fourth-order valence-corrected chi connectivity index (χ4v) is 7.11. The van der Waals surface area contributed by atoms with Gasteiger partial charge in [0, 0.05) is 44.9 Å². The molecule has 0 amide bonds. The second kappa shape index (κ2) is 8.43. The first-order chi connectivity index (χ1) is 18.9. The van der Waals surface area contributed by atoms with Gasteiger partial charge in [0.2, 0.25) is 0 Å². The first-order valence-electron chi connectivity index (χ1n) is 12.7. The summed E-state index contributed by atoms with van der Waals surface area (Å²) in [4.78, 5) is 13.3. The summed E-state index contributed by atoms with van der Waals surface area (Å²) < 4.78 is 3.65. The van der Waals surface area contributed by atoms with Crippen molar-refractivity contribution in [1.29, 1.82) is 0 Å². The lowest BCUT2D eigenvalue weighted by molar-refractivity contribution is 1.12. The van der Waals surface area contributed by atoms with E-state index in [1.54, 1.807) is 11.3 Å². The van der Waals surface area contributed by atoms with Gasteiger partial charge in [-0.1, -0.05) is 72.2 Å². The van der Waals surface area contributed by atoms with Gasteiger partial charge in [0.05, 0.1) is 11.4 Å². The van der Waals surface area contributed by atoms with Crippen molar-refractivity contribution >= 4 is 72.2 Å². The van der Waals surface area contributed by atoms with Crippen LogP contribution in [0.1, 0.15) is 0 Å². The van der Waals surface area contributed by atoms with Crippen LogP contribution in [0.25, 0.3) is 26.9 Å². The molecular weight excluding hydrogens is 483 g/mol. The molecule has 1 aliphatic rings. The van der Waals surface area contributed by atoms with E-state index in [4.69, 9.17) is 9.97 Å². The van der Waals surface area contributed by atoms with Gasteiger partial charge in [-0.3, -0.25) is 0 Å². The Hall–Kier alpha value is -4.68. The van der Waals surface area contributed by atoms with Crippen LogP contribution in [0.5, 0.6) is 0 Å². The number of hydrogen-bond acceptors (Lipinski definition) is 4. The average Bonchev–Trinajstić information content (AvgIpc) is 3.54. The van der Waals surface area contributed by atoms with Gasteiger partial charge < -0.3 is 9.47 Å². The highest BCUT2D eigenvalue weighted by atomic mass is 32.1. The van der Waals surface area contributed by atoms with E-state index in [2.05, 4.69) is 113 Å². The number of benzene rings is 3. The number of rotatable bonds is 3. The maximum absolute atomic E-state index is 4.96. The molecule has 0 unspecified atom stereocenters. The molecule has 4 aromatic heterocycles. The number of fused-ring (bicyclic) bond motifs is 6. The molecule has 38 heavy (non-hydrogen) atoms. The molecule has 0 aliphatic carbocycles. The molecule has 0 saturated heterocycles. The van der Waals surface area contributed by atoms with E-state index in [1.807, 2.05) is 24.5 Å². The zero-order chi connectivity index (χ0) is 25.1. The Labute approximate surface area is 224 Å². The van der Waals surface area contributed by atoms with Gasteiger partial charge >= 0.3 is 0 Å². The van der Waals surface area contributed by atoms with Crippen LogP contribution in [0.2, 0.25) is 0 Å². The van der Waals surface area contributed by atoms with E-state index in [0.717, 1.165) is 27.2 Å². The zero-order valence-corrected chi connectivity index (χ0v) is 21.2. The summed E-state index contributed by atoms with van der Waals surface area (Å²) >= 11 is 1.79. The lowest BCUT2D eigenvalue weighted by atomic mass is 9.39.